The highest BCUT2D eigenvalue weighted by molar-refractivity contribution is 7.89. The van der Waals surface area contributed by atoms with Gasteiger partial charge in [0.1, 0.15) is 0 Å². The van der Waals surface area contributed by atoms with Crippen molar-refractivity contribution in [3.05, 3.63) is 66.2 Å². The van der Waals surface area contributed by atoms with Crippen LogP contribution in [0.5, 0.6) is 0 Å². The Morgan fingerprint density at radius 2 is 1.74 bits per heavy atom. The molecule has 1 saturated heterocycles. The van der Waals surface area contributed by atoms with E-state index in [0.717, 1.165) is 18.4 Å². The van der Waals surface area contributed by atoms with Crippen molar-refractivity contribution < 1.29 is 17.9 Å². The molecule has 2 aromatic rings. The van der Waals surface area contributed by atoms with Gasteiger partial charge in [0.15, 0.2) is 0 Å². The second kappa shape index (κ2) is 9.12. The third-order valence-electron chi connectivity index (χ3n) is 4.45. The van der Waals surface area contributed by atoms with Crippen LogP contribution in [-0.4, -0.2) is 44.4 Å². The van der Waals surface area contributed by atoms with Crippen molar-refractivity contribution in [2.45, 2.75) is 30.4 Å². The molecule has 0 spiro atoms. The van der Waals surface area contributed by atoms with E-state index in [4.69, 9.17) is 4.74 Å². The van der Waals surface area contributed by atoms with E-state index in [0.29, 0.717) is 13.2 Å². The number of sulfonamides is 1. The van der Waals surface area contributed by atoms with E-state index in [1.165, 1.54) is 16.4 Å². The van der Waals surface area contributed by atoms with Crippen molar-refractivity contribution in [2.75, 3.05) is 19.7 Å². The van der Waals surface area contributed by atoms with Gasteiger partial charge in [-0.3, -0.25) is 4.79 Å². The van der Waals surface area contributed by atoms with Gasteiger partial charge in [0.25, 0.3) is 0 Å². The summed E-state index contributed by atoms with van der Waals surface area (Å²) >= 11 is 0. The topological polar surface area (TPSA) is 75.7 Å². The van der Waals surface area contributed by atoms with Crippen LogP contribution in [0.4, 0.5) is 0 Å². The molecule has 6 nitrogen and oxygen atoms in total. The molecule has 0 bridgehead atoms. The number of rotatable bonds is 8. The summed E-state index contributed by atoms with van der Waals surface area (Å²) in [7, 11) is -3.79. The van der Waals surface area contributed by atoms with Gasteiger partial charge in [-0.05, 0) is 30.5 Å². The first-order chi connectivity index (χ1) is 13.1. The maximum Gasteiger partial charge on any atom is 0.243 e. The van der Waals surface area contributed by atoms with Crippen LogP contribution in [0.1, 0.15) is 18.4 Å². The number of nitrogens with one attached hydrogen (secondary N) is 1. The van der Waals surface area contributed by atoms with Crippen LogP contribution in [0.2, 0.25) is 0 Å². The SMILES string of the molecule is O=C(CN(Cc1ccccc1)S(=O)(=O)c1ccccc1)NC[C@@H]1CCCO1. The summed E-state index contributed by atoms with van der Waals surface area (Å²) < 4.78 is 32.8. The minimum absolute atomic E-state index is 0.0160. The molecule has 2 aromatic carbocycles. The number of benzene rings is 2. The van der Waals surface area contributed by atoms with Crippen molar-refractivity contribution in [1.82, 2.24) is 9.62 Å². The Morgan fingerprint density at radius 3 is 2.37 bits per heavy atom. The zero-order valence-corrected chi connectivity index (χ0v) is 15.9. The molecule has 0 aromatic heterocycles. The average molecular weight is 388 g/mol. The third-order valence-corrected chi connectivity index (χ3v) is 6.26. The van der Waals surface area contributed by atoms with Gasteiger partial charge in [-0.2, -0.15) is 4.31 Å². The lowest BCUT2D eigenvalue weighted by molar-refractivity contribution is -0.121. The smallest absolute Gasteiger partial charge is 0.243 e. The van der Waals surface area contributed by atoms with Crippen LogP contribution in [-0.2, 0) is 26.1 Å². The molecule has 1 N–H and O–H groups in total. The van der Waals surface area contributed by atoms with E-state index in [-0.39, 0.29) is 30.0 Å². The standard InChI is InChI=1S/C20H24N2O4S/c23-20(21-14-18-10-7-13-26-18)16-22(15-17-8-3-1-4-9-17)27(24,25)19-11-5-2-6-12-19/h1-6,8-9,11-12,18H,7,10,13-16H2,(H,21,23)/t18-/m0/s1. The summed E-state index contributed by atoms with van der Waals surface area (Å²) in [6.45, 7) is 1.01. The van der Waals surface area contributed by atoms with E-state index in [1.807, 2.05) is 30.3 Å². The van der Waals surface area contributed by atoms with Gasteiger partial charge in [-0.1, -0.05) is 48.5 Å². The molecular weight excluding hydrogens is 364 g/mol. The third kappa shape index (κ3) is 5.38. The molecule has 0 saturated carbocycles. The molecule has 0 unspecified atom stereocenters. The highest BCUT2D eigenvalue weighted by Crippen LogP contribution is 2.18. The van der Waals surface area contributed by atoms with Gasteiger partial charge < -0.3 is 10.1 Å². The summed E-state index contributed by atoms with van der Waals surface area (Å²) in [4.78, 5) is 12.6. The lowest BCUT2D eigenvalue weighted by atomic mass is 10.2. The molecule has 27 heavy (non-hydrogen) atoms. The van der Waals surface area contributed by atoms with Crippen molar-refractivity contribution in [3.8, 4) is 0 Å². The molecule has 1 heterocycles. The fourth-order valence-corrected chi connectivity index (χ4v) is 4.41. The molecule has 144 valence electrons. The molecule has 1 aliphatic heterocycles. The number of carbonyl (C=O) groups excluding carboxylic acids is 1. The Hall–Kier alpha value is -2.22. The first-order valence-corrected chi connectivity index (χ1v) is 10.5. The predicted molar refractivity (Wildman–Crippen MR) is 102 cm³/mol. The van der Waals surface area contributed by atoms with Crippen molar-refractivity contribution in [3.63, 3.8) is 0 Å². The monoisotopic (exact) mass is 388 g/mol. The van der Waals surface area contributed by atoms with Crippen molar-refractivity contribution >= 4 is 15.9 Å². The predicted octanol–water partition coefficient (Wildman–Crippen LogP) is 2.17. The van der Waals surface area contributed by atoms with Crippen LogP contribution in [0, 0.1) is 0 Å². The Kier molecular flexibility index (Phi) is 6.60. The van der Waals surface area contributed by atoms with Crippen molar-refractivity contribution in [1.29, 1.82) is 0 Å². The Balaban J connectivity index is 1.74. The Morgan fingerprint density at radius 1 is 1.07 bits per heavy atom. The second-order valence-corrected chi connectivity index (χ2v) is 8.45. The van der Waals surface area contributed by atoms with Crippen LogP contribution in [0.15, 0.2) is 65.6 Å². The number of nitrogens with zero attached hydrogens (tertiary/aromatic N) is 1. The van der Waals surface area contributed by atoms with Gasteiger partial charge in [0, 0.05) is 19.7 Å². The maximum atomic E-state index is 13.1. The zero-order chi connectivity index (χ0) is 19.1. The molecule has 1 amide bonds. The van der Waals surface area contributed by atoms with Gasteiger partial charge in [-0.15, -0.1) is 0 Å². The lowest BCUT2D eigenvalue weighted by Crippen LogP contribution is -2.42. The van der Waals surface area contributed by atoms with Gasteiger partial charge >= 0.3 is 0 Å². The fraction of sp³-hybridized carbons (Fsp3) is 0.350. The average Bonchev–Trinajstić information content (AvgIpc) is 3.21. The van der Waals surface area contributed by atoms with E-state index in [1.54, 1.807) is 18.2 Å². The van der Waals surface area contributed by atoms with Gasteiger partial charge in [0.05, 0.1) is 17.5 Å². The quantitative estimate of drug-likeness (QED) is 0.752. The van der Waals surface area contributed by atoms with Gasteiger partial charge in [0.2, 0.25) is 15.9 Å². The highest BCUT2D eigenvalue weighted by Gasteiger charge is 2.27. The largest absolute Gasteiger partial charge is 0.376 e. The molecule has 0 radical (unpaired) electrons. The molecule has 0 aliphatic carbocycles. The summed E-state index contributed by atoms with van der Waals surface area (Å²) in [5, 5.41) is 2.79. The van der Waals surface area contributed by atoms with Crippen LogP contribution in [0.3, 0.4) is 0 Å². The molecule has 1 aliphatic rings. The van der Waals surface area contributed by atoms with E-state index in [9.17, 15) is 13.2 Å². The highest BCUT2D eigenvalue weighted by atomic mass is 32.2. The molecule has 1 atom stereocenters. The summed E-state index contributed by atoms with van der Waals surface area (Å²) in [5.41, 5.74) is 0.823. The molecule has 1 fully saturated rings. The minimum Gasteiger partial charge on any atom is -0.376 e. The van der Waals surface area contributed by atoms with Crippen LogP contribution >= 0.6 is 0 Å². The first-order valence-electron chi connectivity index (χ1n) is 9.03. The minimum atomic E-state index is -3.79. The van der Waals surface area contributed by atoms with E-state index >= 15 is 0 Å². The lowest BCUT2D eigenvalue weighted by Gasteiger charge is -2.22. The molecule has 7 heteroatoms. The number of ether oxygens (including phenoxy) is 1. The van der Waals surface area contributed by atoms with E-state index in [2.05, 4.69) is 5.32 Å². The summed E-state index contributed by atoms with van der Waals surface area (Å²) in [6, 6.07) is 17.4. The number of hydrogen-bond donors (Lipinski definition) is 1. The maximum absolute atomic E-state index is 13.1. The summed E-state index contributed by atoms with van der Waals surface area (Å²) in [6.07, 6.45) is 1.92. The fourth-order valence-electron chi connectivity index (χ4n) is 3.00. The number of carbonyl (C=O) groups is 1. The number of amides is 1. The van der Waals surface area contributed by atoms with E-state index < -0.39 is 10.0 Å². The second-order valence-electron chi connectivity index (χ2n) is 6.51. The normalized spacial score (nSPS) is 17.1. The molecular formula is C20H24N2O4S. The van der Waals surface area contributed by atoms with Crippen molar-refractivity contribution in [2.24, 2.45) is 0 Å². The Labute approximate surface area is 160 Å². The van der Waals surface area contributed by atoms with Gasteiger partial charge in [-0.25, -0.2) is 8.42 Å². The van der Waals surface area contributed by atoms with Crippen LogP contribution in [0.25, 0.3) is 0 Å². The number of hydrogen-bond acceptors (Lipinski definition) is 4. The Bertz CT molecular complexity index is 835. The molecule has 3 rings (SSSR count). The zero-order valence-electron chi connectivity index (χ0n) is 15.1. The van der Waals surface area contributed by atoms with Crippen LogP contribution < -0.4 is 5.32 Å². The summed E-state index contributed by atoms with van der Waals surface area (Å²) in [5.74, 6) is -0.332. The first kappa shape index (κ1) is 19.5.